The van der Waals surface area contributed by atoms with Crippen molar-refractivity contribution in [2.75, 3.05) is 6.61 Å². The lowest BCUT2D eigenvalue weighted by Crippen LogP contribution is -2.77. The van der Waals surface area contributed by atoms with Crippen LogP contribution in [-0.4, -0.2) is 29.7 Å². The van der Waals surface area contributed by atoms with Crippen molar-refractivity contribution in [3.63, 3.8) is 0 Å². The molecule has 1 saturated heterocycles. The minimum Gasteiger partial charge on any atom is -0.396 e. The molecule has 154 valence electrons. The molecule has 1 heterocycles. The molecule has 6 fully saturated rings. The average molecular weight is 377 g/mol. The van der Waals surface area contributed by atoms with Gasteiger partial charge in [0.25, 0.3) is 0 Å². The van der Waals surface area contributed by atoms with Crippen LogP contribution in [0, 0.1) is 39.4 Å². The van der Waals surface area contributed by atoms with Crippen LogP contribution in [0.4, 0.5) is 0 Å². The second kappa shape index (κ2) is 5.32. The van der Waals surface area contributed by atoms with Gasteiger partial charge >= 0.3 is 0 Å². The number of hydrogen-bond acceptors (Lipinski definition) is 3. The van der Waals surface area contributed by atoms with Gasteiger partial charge in [-0.25, -0.2) is 0 Å². The standard InChI is InChI=1S/C24H40O3/c1-20(2)9-7-10-23(14-25)16(20)13-18-24-11-8-15(12-17(23)24)21(3,4)19(24)27-22(5,6)26-18/h15-19,25H,7-14H2,1-6H3/t15-,16?,17?,18+,19-,23?,24+/m0/s1. The van der Waals surface area contributed by atoms with Crippen molar-refractivity contribution in [3.05, 3.63) is 0 Å². The first-order valence-corrected chi connectivity index (χ1v) is 11.5. The molecule has 0 aromatic heterocycles. The van der Waals surface area contributed by atoms with Gasteiger partial charge in [-0.15, -0.1) is 0 Å². The molecule has 0 aromatic rings. The summed E-state index contributed by atoms with van der Waals surface area (Å²) in [5.41, 5.74) is 0.651. The number of ether oxygens (including phenoxy) is 2. The van der Waals surface area contributed by atoms with Crippen molar-refractivity contribution in [1.82, 2.24) is 0 Å². The number of aliphatic hydroxyl groups is 1. The molecule has 1 N–H and O–H groups in total. The van der Waals surface area contributed by atoms with E-state index in [1.54, 1.807) is 0 Å². The van der Waals surface area contributed by atoms with Gasteiger partial charge in [-0.1, -0.05) is 34.1 Å². The molecular weight excluding hydrogens is 336 g/mol. The van der Waals surface area contributed by atoms with E-state index in [9.17, 15) is 5.11 Å². The molecule has 0 aromatic carbocycles. The van der Waals surface area contributed by atoms with Crippen LogP contribution in [0.15, 0.2) is 0 Å². The van der Waals surface area contributed by atoms with Crippen molar-refractivity contribution in [2.45, 2.75) is 104 Å². The Labute approximate surface area is 165 Å². The van der Waals surface area contributed by atoms with Crippen molar-refractivity contribution in [3.8, 4) is 0 Å². The molecule has 2 bridgehead atoms. The van der Waals surface area contributed by atoms with Crippen LogP contribution >= 0.6 is 0 Å². The zero-order valence-electron chi connectivity index (χ0n) is 18.3. The van der Waals surface area contributed by atoms with E-state index in [2.05, 4.69) is 41.5 Å². The van der Waals surface area contributed by atoms with Crippen LogP contribution < -0.4 is 0 Å². The fourth-order valence-electron chi connectivity index (χ4n) is 9.22. The molecular formula is C24H40O3. The molecule has 3 nitrogen and oxygen atoms in total. The second-order valence-corrected chi connectivity index (χ2v) is 12.5. The molecule has 7 atom stereocenters. The Bertz CT molecular complexity index is 638. The summed E-state index contributed by atoms with van der Waals surface area (Å²) in [5, 5.41) is 10.9. The predicted octanol–water partition coefficient (Wildman–Crippen LogP) is 5.16. The third-order valence-electron chi connectivity index (χ3n) is 10.3. The SMILES string of the molecule is CC1(C)O[C@@H]2CC3C(C)(C)CCCC3(CO)C3C[C@@H]4CC[C@@]32[C@@H](O1)C4(C)C. The topological polar surface area (TPSA) is 38.7 Å². The highest BCUT2D eigenvalue weighted by Gasteiger charge is 2.76. The Morgan fingerprint density at radius 2 is 1.63 bits per heavy atom. The highest BCUT2D eigenvalue weighted by atomic mass is 16.7. The molecule has 3 unspecified atom stereocenters. The molecule has 0 radical (unpaired) electrons. The van der Waals surface area contributed by atoms with Gasteiger partial charge in [0.15, 0.2) is 5.79 Å². The summed E-state index contributed by atoms with van der Waals surface area (Å²) in [4.78, 5) is 0. The molecule has 1 aliphatic heterocycles. The molecule has 5 aliphatic carbocycles. The third kappa shape index (κ3) is 2.15. The summed E-state index contributed by atoms with van der Waals surface area (Å²) in [7, 11) is 0. The van der Waals surface area contributed by atoms with Gasteiger partial charge < -0.3 is 14.6 Å². The largest absolute Gasteiger partial charge is 0.396 e. The first kappa shape index (κ1) is 18.9. The van der Waals surface area contributed by atoms with Crippen LogP contribution in [0.25, 0.3) is 0 Å². The Morgan fingerprint density at radius 3 is 2.33 bits per heavy atom. The van der Waals surface area contributed by atoms with E-state index in [1.807, 2.05) is 0 Å². The highest BCUT2D eigenvalue weighted by molar-refractivity contribution is 5.23. The summed E-state index contributed by atoms with van der Waals surface area (Å²) in [5.74, 6) is 1.31. The minimum atomic E-state index is -0.502. The molecule has 3 heteroatoms. The van der Waals surface area contributed by atoms with Gasteiger partial charge in [0.1, 0.15) is 0 Å². The molecule has 6 rings (SSSR count). The fraction of sp³-hybridized carbons (Fsp3) is 1.00. The quantitative estimate of drug-likeness (QED) is 0.687. The van der Waals surface area contributed by atoms with Crippen LogP contribution in [0.3, 0.4) is 0 Å². The van der Waals surface area contributed by atoms with E-state index >= 15 is 0 Å². The van der Waals surface area contributed by atoms with Gasteiger partial charge in [0, 0.05) is 17.4 Å². The maximum Gasteiger partial charge on any atom is 0.163 e. The van der Waals surface area contributed by atoms with Gasteiger partial charge in [0.05, 0.1) is 12.2 Å². The average Bonchev–Trinajstić information content (AvgIpc) is 2.58. The molecule has 27 heavy (non-hydrogen) atoms. The molecule has 6 aliphatic rings. The van der Waals surface area contributed by atoms with E-state index in [4.69, 9.17) is 9.47 Å². The third-order valence-corrected chi connectivity index (χ3v) is 10.3. The minimum absolute atomic E-state index is 0.0693. The van der Waals surface area contributed by atoms with Gasteiger partial charge in [-0.2, -0.15) is 0 Å². The zero-order chi connectivity index (χ0) is 19.5. The molecule has 5 saturated carbocycles. The van der Waals surface area contributed by atoms with Crippen molar-refractivity contribution in [2.24, 2.45) is 39.4 Å². The normalized spacial score (nSPS) is 54.1. The van der Waals surface area contributed by atoms with Crippen molar-refractivity contribution in [1.29, 1.82) is 0 Å². The maximum absolute atomic E-state index is 10.9. The smallest absolute Gasteiger partial charge is 0.163 e. The van der Waals surface area contributed by atoms with Crippen molar-refractivity contribution < 1.29 is 14.6 Å². The van der Waals surface area contributed by atoms with E-state index < -0.39 is 5.79 Å². The van der Waals surface area contributed by atoms with Gasteiger partial charge in [-0.3, -0.25) is 0 Å². The van der Waals surface area contributed by atoms with E-state index in [-0.39, 0.29) is 33.9 Å². The number of hydrogen-bond donors (Lipinski definition) is 1. The van der Waals surface area contributed by atoms with Crippen LogP contribution in [-0.2, 0) is 9.47 Å². The Balaban J connectivity index is 1.69. The summed E-state index contributed by atoms with van der Waals surface area (Å²) in [6.45, 7) is 14.4. The summed E-state index contributed by atoms with van der Waals surface area (Å²) in [6.07, 6.45) is 9.17. The number of aliphatic hydroxyl groups excluding tert-OH is 1. The van der Waals surface area contributed by atoms with Gasteiger partial charge in [-0.05, 0) is 81.0 Å². The number of rotatable bonds is 1. The maximum atomic E-state index is 10.9. The number of fused-ring (bicyclic) bond motifs is 2. The highest BCUT2D eigenvalue weighted by Crippen LogP contribution is 2.76. The predicted molar refractivity (Wildman–Crippen MR) is 106 cm³/mol. The second-order valence-electron chi connectivity index (χ2n) is 12.5. The van der Waals surface area contributed by atoms with Gasteiger partial charge in [0.2, 0.25) is 0 Å². The summed E-state index contributed by atoms with van der Waals surface area (Å²) in [6, 6.07) is 0. The van der Waals surface area contributed by atoms with E-state index in [1.165, 1.54) is 38.5 Å². The van der Waals surface area contributed by atoms with Crippen molar-refractivity contribution >= 4 is 0 Å². The van der Waals surface area contributed by atoms with Crippen LogP contribution in [0.2, 0.25) is 0 Å². The zero-order valence-corrected chi connectivity index (χ0v) is 18.3. The lowest BCUT2D eigenvalue weighted by Gasteiger charge is -2.76. The van der Waals surface area contributed by atoms with Crippen LogP contribution in [0.5, 0.6) is 0 Å². The Kier molecular flexibility index (Phi) is 3.72. The molecule has 0 amide bonds. The lowest BCUT2D eigenvalue weighted by molar-refractivity contribution is -0.430. The molecule has 1 spiro atoms. The summed E-state index contributed by atoms with van der Waals surface area (Å²) >= 11 is 0. The Hall–Kier alpha value is -0.120. The lowest BCUT2D eigenvalue weighted by atomic mass is 9.32. The Morgan fingerprint density at radius 1 is 0.889 bits per heavy atom. The van der Waals surface area contributed by atoms with E-state index in [0.717, 1.165) is 6.42 Å². The first-order valence-electron chi connectivity index (χ1n) is 11.5. The fourth-order valence-corrected chi connectivity index (χ4v) is 9.22. The van der Waals surface area contributed by atoms with E-state index in [0.29, 0.717) is 24.4 Å². The summed E-state index contributed by atoms with van der Waals surface area (Å²) < 4.78 is 13.5. The first-order chi connectivity index (χ1) is 12.5. The van der Waals surface area contributed by atoms with Crippen LogP contribution in [0.1, 0.15) is 86.5 Å². The monoisotopic (exact) mass is 376 g/mol.